The zero-order valence-electron chi connectivity index (χ0n) is 12.4. The SMILES string of the molecule is CC1OC(C)C(C(=O)NCc2cc(C(=O)O)ccn2)C1C. The van der Waals surface area contributed by atoms with Crippen molar-refractivity contribution in [1.29, 1.82) is 0 Å². The minimum Gasteiger partial charge on any atom is -0.478 e. The normalized spacial score (nSPS) is 28.3. The van der Waals surface area contributed by atoms with Crippen molar-refractivity contribution >= 4 is 11.9 Å². The Morgan fingerprint density at radius 2 is 2.05 bits per heavy atom. The molecule has 114 valence electrons. The van der Waals surface area contributed by atoms with Crippen LogP contribution in [-0.4, -0.2) is 34.2 Å². The monoisotopic (exact) mass is 292 g/mol. The molecule has 4 unspecified atom stereocenters. The van der Waals surface area contributed by atoms with Crippen LogP contribution in [0.1, 0.15) is 36.8 Å². The van der Waals surface area contributed by atoms with E-state index in [1.807, 2.05) is 20.8 Å². The number of aromatic nitrogens is 1. The lowest BCUT2D eigenvalue weighted by molar-refractivity contribution is -0.127. The maximum atomic E-state index is 12.3. The number of pyridine rings is 1. The average molecular weight is 292 g/mol. The number of carbonyl (C=O) groups is 2. The Labute approximate surface area is 123 Å². The van der Waals surface area contributed by atoms with Crippen molar-refractivity contribution in [3.05, 3.63) is 29.6 Å². The van der Waals surface area contributed by atoms with Crippen LogP contribution in [0.4, 0.5) is 0 Å². The third-order valence-electron chi connectivity index (χ3n) is 4.05. The molecule has 1 aliphatic rings. The fraction of sp³-hybridized carbons (Fsp3) is 0.533. The van der Waals surface area contributed by atoms with Gasteiger partial charge in [-0.3, -0.25) is 9.78 Å². The van der Waals surface area contributed by atoms with Gasteiger partial charge in [0.05, 0.1) is 35.9 Å². The van der Waals surface area contributed by atoms with Crippen molar-refractivity contribution in [2.75, 3.05) is 0 Å². The molecular formula is C15H20N2O4. The molecule has 1 fully saturated rings. The Balaban J connectivity index is 1.98. The van der Waals surface area contributed by atoms with E-state index in [0.29, 0.717) is 5.69 Å². The molecule has 0 aromatic carbocycles. The van der Waals surface area contributed by atoms with Crippen molar-refractivity contribution in [3.8, 4) is 0 Å². The smallest absolute Gasteiger partial charge is 0.335 e. The van der Waals surface area contributed by atoms with Crippen molar-refractivity contribution < 1.29 is 19.4 Å². The molecule has 1 aliphatic heterocycles. The Hall–Kier alpha value is -1.95. The molecule has 2 N–H and O–H groups in total. The first-order valence-electron chi connectivity index (χ1n) is 7.01. The van der Waals surface area contributed by atoms with E-state index in [1.165, 1.54) is 18.3 Å². The van der Waals surface area contributed by atoms with Gasteiger partial charge in [0.25, 0.3) is 0 Å². The molecule has 2 heterocycles. The van der Waals surface area contributed by atoms with E-state index in [4.69, 9.17) is 9.84 Å². The van der Waals surface area contributed by atoms with Gasteiger partial charge in [-0.05, 0) is 31.9 Å². The third-order valence-corrected chi connectivity index (χ3v) is 4.05. The molecule has 0 spiro atoms. The summed E-state index contributed by atoms with van der Waals surface area (Å²) in [6, 6.07) is 2.88. The topological polar surface area (TPSA) is 88.5 Å². The van der Waals surface area contributed by atoms with Crippen LogP contribution in [0, 0.1) is 11.8 Å². The number of hydrogen-bond donors (Lipinski definition) is 2. The summed E-state index contributed by atoms with van der Waals surface area (Å²) in [6.45, 7) is 6.08. The van der Waals surface area contributed by atoms with Crippen LogP contribution in [0.25, 0.3) is 0 Å². The largest absolute Gasteiger partial charge is 0.478 e. The second kappa shape index (κ2) is 6.22. The van der Waals surface area contributed by atoms with Crippen LogP contribution in [0.15, 0.2) is 18.3 Å². The van der Waals surface area contributed by atoms with Crippen LogP contribution in [0.3, 0.4) is 0 Å². The maximum Gasteiger partial charge on any atom is 0.335 e. The Kier molecular flexibility index (Phi) is 4.57. The van der Waals surface area contributed by atoms with Gasteiger partial charge in [0.2, 0.25) is 5.91 Å². The summed E-state index contributed by atoms with van der Waals surface area (Å²) in [7, 11) is 0. The second-order valence-electron chi connectivity index (χ2n) is 5.49. The fourth-order valence-corrected chi connectivity index (χ4v) is 2.72. The zero-order chi connectivity index (χ0) is 15.6. The van der Waals surface area contributed by atoms with Crippen molar-refractivity contribution in [2.45, 2.75) is 39.5 Å². The summed E-state index contributed by atoms with van der Waals surface area (Å²) in [5.74, 6) is -1.13. The van der Waals surface area contributed by atoms with Gasteiger partial charge in [0.15, 0.2) is 0 Å². The summed E-state index contributed by atoms with van der Waals surface area (Å²) < 4.78 is 5.66. The van der Waals surface area contributed by atoms with E-state index in [-0.39, 0.29) is 42.1 Å². The number of ether oxygens (including phenoxy) is 1. The van der Waals surface area contributed by atoms with Gasteiger partial charge in [-0.15, -0.1) is 0 Å². The lowest BCUT2D eigenvalue weighted by atomic mass is 9.89. The molecule has 0 radical (unpaired) electrons. The average Bonchev–Trinajstić information content (AvgIpc) is 2.70. The van der Waals surface area contributed by atoms with E-state index in [2.05, 4.69) is 10.3 Å². The summed E-state index contributed by atoms with van der Waals surface area (Å²) in [6.07, 6.45) is 1.37. The third kappa shape index (κ3) is 3.39. The quantitative estimate of drug-likeness (QED) is 0.877. The molecule has 21 heavy (non-hydrogen) atoms. The van der Waals surface area contributed by atoms with Crippen LogP contribution in [0.5, 0.6) is 0 Å². The van der Waals surface area contributed by atoms with Gasteiger partial charge in [-0.25, -0.2) is 4.79 Å². The molecule has 6 nitrogen and oxygen atoms in total. The van der Waals surface area contributed by atoms with Crippen LogP contribution in [-0.2, 0) is 16.1 Å². The molecule has 0 bridgehead atoms. The minimum atomic E-state index is -1.01. The standard InChI is InChI=1S/C15H20N2O4/c1-8-9(2)21-10(3)13(8)14(18)17-7-12-6-11(15(19)20)4-5-16-12/h4-6,8-10,13H,7H2,1-3H3,(H,17,18)(H,19,20). The summed E-state index contributed by atoms with van der Waals surface area (Å²) in [4.78, 5) is 27.2. The highest BCUT2D eigenvalue weighted by Crippen LogP contribution is 2.32. The highest BCUT2D eigenvalue weighted by Gasteiger charge is 2.41. The van der Waals surface area contributed by atoms with Crippen molar-refractivity contribution in [2.24, 2.45) is 11.8 Å². The van der Waals surface area contributed by atoms with E-state index in [0.717, 1.165) is 0 Å². The molecule has 1 saturated heterocycles. The van der Waals surface area contributed by atoms with Crippen LogP contribution >= 0.6 is 0 Å². The van der Waals surface area contributed by atoms with Crippen LogP contribution in [0.2, 0.25) is 0 Å². The molecule has 0 saturated carbocycles. The lowest BCUT2D eigenvalue weighted by Crippen LogP contribution is -2.37. The van der Waals surface area contributed by atoms with E-state index in [1.54, 1.807) is 0 Å². The van der Waals surface area contributed by atoms with Crippen molar-refractivity contribution in [3.63, 3.8) is 0 Å². The number of carboxylic acid groups (broad SMARTS) is 1. The number of carboxylic acids is 1. The number of nitrogens with zero attached hydrogens (tertiary/aromatic N) is 1. The maximum absolute atomic E-state index is 12.3. The predicted molar refractivity (Wildman–Crippen MR) is 75.7 cm³/mol. The lowest BCUT2D eigenvalue weighted by Gasteiger charge is -2.17. The van der Waals surface area contributed by atoms with Crippen LogP contribution < -0.4 is 5.32 Å². The molecular weight excluding hydrogens is 272 g/mol. The van der Waals surface area contributed by atoms with Gasteiger partial charge in [0.1, 0.15) is 0 Å². The molecule has 4 atom stereocenters. The second-order valence-corrected chi connectivity index (χ2v) is 5.49. The molecule has 0 aliphatic carbocycles. The Morgan fingerprint density at radius 3 is 2.62 bits per heavy atom. The van der Waals surface area contributed by atoms with Gasteiger partial charge < -0.3 is 15.2 Å². The van der Waals surface area contributed by atoms with E-state index in [9.17, 15) is 9.59 Å². The first-order chi connectivity index (χ1) is 9.90. The summed E-state index contributed by atoms with van der Waals surface area (Å²) in [5, 5.41) is 11.7. The summed E-state index contributed by atoms with van der Waals surface area (Å²) in [5.41, 5.74) is 0.685. The number of aromatic carboxylic acids is 1. The van der Waals surface area contributed by atoms with Gasteiger partial charge in [-0.2, -0.15) is 0 Å². The van der Waals surface area contributed by atoms with Gasteiger partial charge in [-0.1, -0.05) is 6.92 Å². The number of carbonyl (C=O) groups excluding carboxylic acids is 1. The van der Waals surface area contributed by atoms with E-state index >= 15 is 0 Å². The number of rotatable bonds is 4. The molecule has 2 rings (SSSR count). The molecule has 1 aromatic rings. The predicted octanol–water partition coefficient (Wildman–Crippen LogP) is 1.46. The van der Waals surface area contributed by atoms with Gasteiger partial charge >= 0.3 is 5.97 Å². The molecule has 1 amide bonds. The first kappa shape index (κ1) is 15.4. The zero-order valence-corrected chi connectivity index (χ0v) is 12.4. The van der Waals surface area contributed by atoms with E-state index < -0.39 is 5.97 Å². The summed E-state index contributed by atoms with van der Waals surface area (Å²) >= 11 is 0. The number of nitrogens with one attached hydrogen (secondary N) is 1. The Morgan fingerprint density at radius 1 is 1.33 bits per heavy atom. The first-order valence-corrected chi connectivity index (χ1v) is 7.01. The fourth-order valence-electron chi connectivity index (χ4n) is 2.72. The van der Waals surface area contributed by atoms with Gasteiger partial charge in [0, 0.05) is 6.20 Å². The minimum absolute atomic E-state index is 0.0595. The van der Waals surface area contributed by atoms with Crippen molar-refractivity contribution in [1.82, 2.24) is 10.3 Å². The Bertz CT molecular complexity index is 546. The highest BCUT2D eigenvalue weighted by atomic mass is 16.5. The number of amides is 1. The number of hydrogen-bond acceptors (Lipinski definition) is 4. The highest BCUT2D eigenvalue weighted by molar-refractivity contribution is 5.87. The molecule has 1 aromatic heterocycles. The molecule has 6 heteroatoms.